The molecule has 1 saturated heterocycles. The van der Waals surface area contributed by atoms with Gasteiger partial charge in [0.25, 0.3) is 0 Å². The minimum absolute atomic E-state index is 0.219. The van der Waals surface area contributed by atoms with Gasteiger partial charge >= 0.3 is 0 Å². The van der Waals surface area contributed by atoms with Crippen molar-refractivity contribution in [3.8, 4) is 0 Å². The van der Waals surface area contributed by atoms with Crippen LogP contribution in [0.1, 0.15) is 20.3 Å². The second-order valence-corrected chi connectivity index (χ2v) is 4.90. The standard InChI is InChI=1S/C10H16ClN3/c1-10(2)4-5-14-7-12-8(11)6-9(14)13(10)3/h6H,4-5,7H2,1-3H3. The third-order valence-corrected chi connectivity index (χ3v) is 3.44. The molecule has 0 aromatic rings. The average Bonchev–Trinajstić information content (AvgIpc) is 2.13. The van der Waals surface area contributed by atoms with Gasteiger partial charge < -0.3 is 9.80 Å². The second kappa shape index (κ2) is 3.16. The second-order valence-electron chi connectivity index (χ2n) is 4.51. The van der Waals surface area contributed by atoms with Crippen molar-refractivity contribution in [3.63, 3.8) is 0 Å². The highest BCUT2D eigenvalue weighted by Gasteiger charge is 2.34. The molecule has 78 valence electrons. The van der Waals surface area contributed by atoms with E-state index < -0.39 is 0 Å². The van der Waals surface area contributed by atoms with E-state index in [1.165, 1.54) is 5.82 Å². The summed E-state index contributed by atoms with van der Waals surface area (Å²) in [6.07, 6.45) is 3.11. The van der Waals surface area contributed by atoms with E-state index in [9.17, 15) is 0 Å². The monoisotopic (exact) mass is 213 g/mol. The van der Waals surface area contributed by atoms with Gasteiger partial charge in [-0.2, -0.15) is 0 Å². The van der Waals surface area contributed by atoms with E-state index in [0.717, 1.165) is 13.0 Å². The zero-order valence-corrected chi connectivity index (χ0v) is 9.67. The first-order chi connectivity index (χ1) is 6.50. The van der Waals surface area contributed by atoms with Crippen LogP contribution in [-0.2, 0) is 0 Å². The zero-order valence-electron chi connectivity index (χ0n) is 8.92. The van der Waals surface area contributed by atoms with Crippen LogP contribution >= 0.6 is 11.6 Å². The topological polar surface area (TPSA) is 18.8 Å². The quantitative estimate of drug-likeness (QED) is 0.612. The molecule has 0 amide bonds. The van der Waals surface area contributed by atoms with Gasteiger partial charge in [-0.1, -0.05) is 11.6 Å². The lowest BCUT2D eigenvalue weighted by Crippen LogP contribution is -2.53. The van der Waals surface area contributed by atoms with Gasteiger partial charge in [-0.05, 0) is 20.3 Å². The summed E-state index contributed by atoms with van der Waals surface area (Å²) in [7, 11) is 2.12. The summed E-state index contributed by atoms with van der Waals surface area (Å²) in [4.78, 5) is 8.75. The first-order valence-electron chi connectivity index (χ1n) is 4.91. The fraction of sp³-hybridized carbons (Fsp3) is 0.700. The van der Waals surface area contributed by atoms with Gasteiger partial charge in [0.15, 0.2) is 0 Å². The van der Waals surface area contributed by atoms with Gasteiger partial charge in [0, 0.05) is 25.2 Å². The van der Waals surface area contributed by atoms with Crippen molar-refractivity contribution in [2.45, 2.75) is 25.8 Å². The van der Waals surface area contributed by atoms with Gasteiger partial charge in [-0.3, -0.25) is 4.99 Å². The Kier molecular flexibility index (Phi) is 2.22. The number of hydrogen-bond acceptors (Lipinski definition) is 3. The lowest BCUT2D eigenvalue weighted by atomic mass is 9.95. The third-order valence-electron chi connectivity index (χ3n) is 3.21. The Bertz CT molecular complexity index is 306. The number of rotatable bonds is 0. The van der Waals surface area contributed by atoms with Crippen LogP contribution in [0, 0.1) is 0 Å². The van der Waals surface area contributed by atoms with E-state index in [2.05, 4.69) is 35.7 Å². The Morgan fingerprint density at radius 3 is 2.93 bits per heavy atom. The predicted octanol–water partition coefficient (Wildman–Crippen LogP) is 1.85. The highest BCUT2D eigenvalue weighted by Crippen LogP contribution is 2.31. The van der Waals surface area contributed by atoms with Crippen molar-refractivity contribution >= 4 is 16.8 Å². The van der Waals surface area contributed by atoms with Gasteiger partial charge in [0.1, 0.15) is 17.7 Å². The fourth-order valence-corrected chi connectivity index (χ4v) is 2.00. The van der Waals surface area contributed by atoms with Crippen molar-refractivity contribution in [2.24, 2.45) is 4.99 Å². The summed E-state index contributed by atoms with van der Waals surface area (Å²) >= 11 is 5.92. The molecular formula is C10H16ClN3. The van der Waals surface area contributed by atoms with E-state index >= 15 is 0 Å². The highest BCUT2D eigenvalue weighted by atomic mass is 35.5. The van der Waals surface area contributed by atoms with Crippen molar-refractivity contribution in [1.29, 1.82) is 0 Å². The van der Waals surface area contributed by atoms with Crippen LogP contribution in [0.4, 0.5) is 0 Å². The molecule has 14 heavy (non-hydrogen) atoms. The maximum atomic E-state index is 5.92. The molecule has 0 N–H and O–H groups in total. The molecule has 3 nitrogen and oxygen atoms in total. The molecule has 0 spiro atoms. The van der Waals surface area contributed by atoms with Crippen molar-refractivity contribution in [2.75, 3.05) is 20.3 Å². The molecule has 0 aliphatic carbocycles. The Labute approximate surface area is 90.0 Å². The Morgan fingerprint density at radius 1 is 1.50 bits per heavy atom. The Balaban J connectivity index is 2.30. The molecule has 1 fully saturated rings. The molecule has 2 rings (SSSR count). The smallest absolute Gasteiger partial charge is 0.129 e. The normalized spacial score (nSPS) is 25.4. The molecular weight excluding hydrogens is 198 g/mol. The lowest BCUT2D eigenvalue weighted by Gasteiger charge is -2.49. The highest BCUT2D eigenvalue weighted by molar-refractivity contribution is 6.68. The van der Waals surface area contributed by atoms with Gasteiger partial charge in [-0.15, -0.1) is 0 Å². The molecule has 2 aliphatic heterocycles. The molecule has 2 heterocycles. The molecule has 0 saturated carbocycles. The van der Waals surface area contributed by atoms with Crippen LogP contribution in [0.3, 0.4) is 0 Å². The molecule has 0 unspecified atom stereocenters. The molecule has 0 aromatic heterocycles. The summed E-state index contributed by atoms with van der Waals surface area (Å²) in [5.74, 6) is 1.20. The summed E-state index contributed by atoms with van der Waals surface area (Å²) in [6, 6.07) is 0. The molecule has 0 aromatic carbocycles. The Hall–Kier alpha value is -0.700. The number of aliphatic imine (C=N–C) groups is 1. The van der Waals surface area contributed by atoms with Crippen LogP contribution in [0.2, 0.25) is 0 Å². The minimum Gasteiger partial charge on any atom is -0.356 e. The Morgan fingerprint density at radius 2 is 2.21 bits per heavy atom. The summed E-state index contributed by atoms with van der Waals surface area (Å²) in [5.41, 5.74) is 0.219. The molecule has 4 heteroatoms. The van der Waals surface area contributed by atoms with Crippen molar-refractivity contribution < 1.29 is 0 Å². The zero-order chi connectivity index (χ0) is 10.3. The maximum absolute atomic E-state index is 5.92. The fourth-order valence-electron chi connectivity index (χ4n) is 1.85. The van der Waals surface area contributed by atoms with Crippen molar-refractivity contribution in [3.05, 3.63) is 11.9 Å². The SMILES string of the molecule is CN1C2=CC(Cl)=NCN2CCC1(C)C. The maximum Gasteiger partial charge on any atom is 0.129 e. The van der Waals surface area contributed by atoms with Crippen LogP contribution < -0.4 is 0 Å². The van der Waals surface area contributed by atoms with Crippen LogP contribution in [0.5, 0.6) is 0 Å². The van der Waals surface area contributed by atoms with Gasteiger partial charge in [0.05, 0.1) is 0 Å². The van der Waals surface area contributed by atoms with E-state index in [1.54, 1.807) is 0 Å². The molecule has 2 aliphatic rings. The summed E-state index contributed by atoms with van der Waals surface area (Å²) in [6.45, 7) is 6.28. The van der Waals surface area contributed by atoms with Crippen LogP contribution in [-0.4, -0.2) is 40.8 Å². The molecule has 0 bridgehead atoms. The minimum atomic E-state index is 0.219. The molecule has 0 atom stereocenters. The first-order valence-corrected chi connectivity index (χ1v) is 5.29. The number of hydrogen-bond donors (Lipinski definition) is 0. The predicted molar refractivity (Wildman–Crippen MR) is 59.4 cm³/mol. The summed E-state index contributed by atoms with van der Waals surface area (Å²) < 4.78 is 0. The number of fused-ring (bicyclic) bond motifs is 1. The number of allylic oxidation sites excluding steroid dienone is 1. The summed E-state index contributed by atoms with van der Waals surface area (Å²) in [5, 5.41) is 0.612. The lowest BCUT2D eigenvalue weighted by molar-refractivity contribution is 0.0718. The van der Waals surface area contributed by atoms with E-state index in [1.807, 2.05) is 6.08 Å². The largest absolute Gasteiger partial charge is 0.356 e. The average molecular weight is 214 g/mol. The van der Waals surface area contributed by atoms with E-state index in [-0.39, 0.29) is 5.54 Å². The van der Waals surface area contributed by atoms with Gasteiger partial charge in [-0.25, -0.2) is 0 Å². The first kappa shape index (κ1) is 9.84. The van der Waals surface area contributed by atoms with Crippen molar-refractivity contribution in [1.82, 2.24) is 9.80 Å². The van der Waals surface area contributed by atoms with E-state index in [4.69, 9.17) is 11.6 Å². The third kappa shape index (κ3) is 1.50. The van der Waals surface area contributed by atoms with Crippen LogP contribution in [0.15, 0.2) is 16.9 Å². The number of nitrogens with zero attached hydrogens (tertiary/aromatic N) is 3. The molecule has 0 radical (unpaired) electrons. The number of halogens is 1. The van der Waals surface area contributed by atoms with Gasteiger partial charge in [0.2, 0.25) is 0 Å². The van der Waals surface area contributed by atoms with Crippen LogP contribution in [0.25, 0.3) is 0 Å². The van der Waals surface area contributed by atoms with E-state index in [0.29, 0.717) is 11.8 Å².